The summed E-state index contributed by atoms with van der Waals surface area (Å²) in [7, 11) is 4.60. The Morgan fingerprint density at radius 2 is 1.27 bits per heavy atom. The van der Waals surface area contributed by atoms with Crippen LogP contribution in [0.5, 0.6) is 0 Å². The van der Waals surface area contributed by atoms with Crippen LogP contribution in [0.25, 0.3) is 0 Å². The molecule has 0 aromatic heterocycles. The molecule has 0 N–H and O–H groups in total. The van der Waals surface area contributed by atoms with Crippen molar-refractivity contribution in [2.24, 2.45) is 0 Å². The van der Waals surface area contributed by atoms with E-state index in [1.165, 1.54) is 77.2 Å². The van der Waals surface area contributed by atoms with Gasteiger partial charge in [0.05, 0.1) is 26.7 Å². The quantitative estimate of drug-likeness (QED) is 0.254. The van der Waals surface area contributed by atoms with Gasteiger partial charge in [0.2, 0.25) is 0 Å². The zero-order chi connectivity index (χ0) is 16.0. The van der Waals surface area contributed by atoms with Crippen molar-refractivity contribution < 1.29 is 21.6 Å². The van der Waals surface area contributed by atoms with E-state index in [0.717, 1.165) is 11.2 Å². The van der Waals surface area contributed by atoms with Gasteiger partial charge in [0.1, 0.15) is 0 Å². The molecular formula is C19H42ClNO. The number of hydrogen-bond donors (Lipinski definition) is 0. The first kappa shape index (κ1) is 24.5. The predicted octanol–water partition coefficient (Wildman–Crippen LogP) is 2.76. The Balaban J connectivity index is 0. The van der Waals surface area contributed by atoms with Crippen molar-refractivity contribution in [3.63, 3.8) is 0 Å². The lowest BCUT2D eigenvalue weighted by molar-refractivity contribution is -0.910. The summed E-state index contributed by atoms with van der Waals surface area (Å²) in [4.78, 5) is 0. The second-order valence-electron chi connectivity index (χ2n) is 7.38. The molecule has 0 radical (unpaired) electrons. The van der Waals surface area contributed by atoms with Crippen LogP contribution in [0.2, 0.25) is 0 Å². The minimum absolute atomic E-state index is 0. The molecule has 0 heterocycles. The van der Waals surface area contributed by atoms with E-state index >= 15 is 0 Å². The van der Waals surface area contributed by atoms with Gasteiger partial charge in [-0.2, -0.15) is 0 Å². The maximum absolute atomic E-state index is 6.05. The Kier molecular flexibility index (Phi) is 17.9. The molecule has 22 heavy (non-hydrogen) atoms. The maximum Gasteiger partial charge on any atom is 0.183 e. The molecule has 2 nitrogen and oxygen atoms in total. The number of rotatable bonds is 15. The van der Waals surface area contributed by atoms with E-state index in [4.69, 9.17) is 4.74 Å². The topological polar surface area (TPSA) is 9.23 Å². The fourth-order valence-corrected chi connectivity index (χ4v) is 2.66. The van der Waals surface area contributed by atoms with E-state index in [1.54, 1.807) is 0 Å². The van der Waals surface area contributed by atoms with E-state index in [1.807, 2.05) is 0 Å². The third-order valence-corrected chi connectivity index (χ3v) is 4.29. The van der Waals surface area contributed by atoms with Gasteiger partial charge in [-0.25, -0.2) is 0 Å². The Morgan fingerprint density at radius 1 is 0.773 bits per heavy atom. The molecule has 1 atom stereocenters. The van der Waals surface area contributed by atoms with Gasteiger partial charge in [-0.3, -0.25) is 0 Å². The van der Waals surface area contributed by atoms with Crippen molar-refractivity contribution >= 4 is 0 Å². The van der Waals surface area contributed by atoms with Crippen molar-refractivity contribution in [1.29, 1.82) is 0 Å². The molecule has 0 saturated heterocycles. The number of unbranched alkanes of at least 4 members (excludes halogenated alkanes) is 8. The summed E-state index contributed by atoms with van der Waals surface area (Å²) in [6.07, 6.45) is 15.3. The number of hydrogen-bond acceptors (Lipinski definition) is 1. The zero-order valence-corrected chi connectivity index (χ0v) is 16.8. The summed E-state index contributed by atoms with van der Waals surface area (Å²) in [5.74, 6) is 0. The average molecular weight is 336 g/mol. The first-order chi connectivity index (χ1) is 10.0. The van der Waals surface area contributed by atoms with E-state index in [9.17, 15) is 0 Å². The molecule has 0 bridgehead atoms. The normalized spacial score (nSPS) is 13.0. The van der Waals surface area contributed by atoms with E-state index in [0.29, 0.717) is 6.10 Å². The first-order valence-corrected chi connectivity index (χ1v) is 9.45. The molecule has 0 saturated carbocycles. The van der Waals surface area contributed by atoms with Crippen molar-refractivity contribution in [1.82, 2.24) is 0 Å². The summed E-state index contributed by atoms with van der Waals surface area (Å²) in [5, 5.41) is 0. The first-order valence-electron chi connectivity index (χ1n) is 9.45. The van der Waals surface area contributed by atoms with Crippen LogP contribution >= 0.6 is 0 Å². The minimum atomic E-state index is 0. The summed E-state index contributed by atoms with van der Waals surface area (Å²) in [5.41, 5.74) is 0. The molecule has 0 aromatic rings. The standard InChI is InChI=1S/C19H42NO.ClH/c1-6-8-10-12-13-15-17-20(4,5)18-21-19(3)16-14-11-9-7-2;/h19H,6-18H2,1-5H3;1H/q+1;/p-1. The fraction of sp³-hybridized carbons (Fsp3) is 1.00. The number of nitrogens with zero attached hydrogens (tertiary/aromatic N) is 1. The van der Waals surface area contributed by atoms with Crippen molar-refractivity contribution in [3.8, 4) is 0 Å². The lowest BCUT2D eigenvalue weighted by Crippen LogP contribution is -3.00. The average Bonchev–Trinajstić information content (AvgIpc) is 2.45. The van der Waals surface area contributed by atoms with Gasteiger partial charge in [-0.05, 0) is 26.2 Å². The van der Waals surface area contributed by atoms with Crippen molar-refractivity contribution in [2.75, 3.05) is 27.4 Å². The van der Waals surface area contributed by atoms with Gasteiger partial charge in [-0.15, -0.1) is 0 Å². The lowest BCUT2D eigenvalue weighted by atomic mass is 10.1. The molecule has 0 amide bonds. The van der Waals surface area contributed by atoms with Gasteiger partial charge >= 0.3 is 0 Å². The maximum atomic E-state index is 6.05. The summed E-state index contributed by atoms with van der Waals surface area (Å²) in [6, 6.07) is 0. The number of quaternary nitrogens is 1. The van der Waals surface area contributed by atoms with Crippen LogP contribution in [0.1, 0.15) is 91.4 Å². The van der Waals surface area contributed by atoms with Gasteiger partial charge in [0.25, 0.3) is 0 Å². The van der Waals surface area contributed by atoms with Gasteiger partial charge < -0.3 is 21.6 Å². The molecule has 0 aliphatic rings. The van der Waals surface area contributed by atoms with E-state index < -0.39 is 0 Å². The van der Waals surface area contributed by atoms with Crippen LogP contribution in [-0.2, 0) is 4.74 Å². The highest BCUT2D eigenvalue weighted by atomic mass is 35.5. The van der Waals surface area contributed by atoms with E-state index in [-0.39, 0.29) is 12.4 Å². The van der Waals surface area contributed by atoms with Crippen molar-refractivity contribution in [2.45, 2.75) is 97.5 Å². The summed E-state index contributed by atoms with van der Waals surface area (Å²) < 4.78 is 7.06. The monoisotopic (exact) mass is 335 g/mol. The molecule has 0 spiro atoms. The summed E-state index contributed by atoms with van der Waals surface area (Å²) >= 11 is 0. The molecule has 1 unspecified atom stereocenters. The van der Waals surface area contributed by atoms with E-state index in [2.05, 4.69) is 34.9 Å². The molecule has 0 aromatic carbocycles. The molecule has 0 fully saturated rings. The van der Waals surface area contributed by atoms with Crippen molar-refractivity contribution in [3.05, 3.63) is 0 Å². The highest BCUT2D eigenvalue weighted by Gasteiger charge is 2.16. The number of ether oxygens (including phenoxy) is 1. The minimum Gasteiger partial charge on any atom is -1.00 e. The largest absolute Gasteiger partial charge is 1.00 e. The molecule has 136 valence electrons. The molecule has 0 rings (SSSR count). The highest BCUT2D eigenvalue weighted by Crippen LogP contribution is 2.11. The van der Waals surface area contributed by atoms with Crippen LogP contribution in [-0.4, -0.2) is 38.0 Å². The Morgan fingerprint density at radius 3 is 1.86 bits per heavy atom. The van der Waals surface area contributed by atoms with Crippen LogP contribution < -0.4 is 12.4 Å². The Bertz CT molecular complexity index is 221. The smallest absolute Gasteiger partial charge is 0.183 e. The highest BCUT2D eigenvalue weighted by molar-refractivity contribution is 4.50. The third-order valence-electron chi connectivity index (χ3n) is 4.29. The molecular weight excluding hydrogens is 294 g/mol. The van der Waals surface area contributed by atoms with Crippen LogP contribution in [0.3, 0.4) is 0 Å². The van der Waals surface area contributed by atoms with Gasteiger partial charge in [0.15, 0.2) is 6.73 Å². The Hall–Kier alpha value is 0.210. The molecule has 0 aliphatic heterocycles. The van der Waals surface area contributed by atoms with Gasteiger partial charge in [0, 0.05) is 0 Å². The van der Waals surface area contributed by atoms with Crippen LogP contribution in [0, 0.1) is 0 Å². The fourth-order valence-electron chi connectivity index (χ4n) is 2.66. The molecule has 0 aliphatic carbocycles. The number of halogens is 1. The predicted molar refractivity (Wildman–Crippen MR) is 94.5 cm³/mol. The summed E-state index contributed by atoms with van der Waals surface area (Å²) in [6.45, 7) is 8.89. The Labute approximate surface area is 147 Å². The van der Waals surface area contributed by atoms with Gasteiger partial charge in [-0.1, -0.05) is 65.2 Å². The zero-order valence-electron chi connectivity index (χ0n) is 16.0. The lowest BCUT2D eigenvalue weighted by Gasteiger charge is -2.30. The van der Waals surface area contributed by atoms with Crippen LogP contribution in [0.4, 0.5) is 0 Å². The molecule has 3 heteroatoms. The second-order valence-corrected chi connectivity index (χ2v) is 7.38. The van der Waals surface area contributed by atoms with Crippen LogP contribution in [0.15, 0.2) is 0 Å². The SMILES string of the molecule is CCCCCCCC[N+](C)(C)COC(C)CCCCCC.[Cl-]. The third kappa shape index (κ3) is 16.6. The second kappa shape index (κ2) is 16.1.